The van der Waals surface area contributed by atoms with Gasteiger partial charge >= 0.3 is 0 Å². The zero-order valence-electron chi connectivity index (χ0n) is 11.6. The van der Waals surface area contributed by atoms with E-state index in [4.69, 9.17) is 0 Å². The van der Waals surface area contributed by atoms with Crippen LogP contribution in [0.5, 0.6) is 5.75 Å². The Bertz CT molecular complexity index is 698. The third-order valence-electron chi connectivity index (χ3n) is 3.54. The van der Waals surface area contributed by atoms with Gasteiger partial charge in [0.1, 0.15) is 5.75 Å². The monoisotopic (exact) mass is 281 g/mol. The number of para-hydroxylation sites is 1. The lowest BCUT2D eigenvalue weighted by atomic mass is 9.99. The maximum atomic E-state index is 11.8. The summed E-state index contributed by atoms with van der Waals surface area (Å²) in [7, 11) is 0. The van der Waals surface area contributed by atoms with Crippen LogP contribution in [0, 0.1) is 0 Å². The van der Waals surface area contributed by atoms with E-state index in [0.29, 0.717) is 17.7 Å². The number of aromatic nitrogens is 1. The van der Waals surface area contributed by atoms with E-state index in [9.17, 15) is 9.90 Å². The van der Waals surface area contributed by atoms with Gasteiger partial charge in [-0.3, -0.25) is 9.78 Å². The van der Waals surface area contributed by atoms with Crippen molar-refractivity contribution in [2.75, 3.05) is 0 Å². The predicted octanol–water partition coefficient (Wildman–Crippen LogP) is 2.48. The topological polar surface area (TPSA) is 65.8 Å². The molecule has 5 nitrogen and oxygen atoms in total. The van der Waals surface area contributed by atoms with Crippen molar-refractivity contribution in [3.05, 3.63) is 59.9 Å². The maximum absolute atomic E-state index is 11.8. The third kappa shape index (κ3) is 2.50. The Morgan fingerprint density at radius 3 is 2.62 bits per heavy atom. The second kappa shape index (κ2) is 5.36. The number of carbonyl (C=O) groups excluding carboxylic acids is 1. The number of hydrazone groups is 1. The first-order valence-electron chi connectivity index (χ1n) is 6.72. The summed E-state index contributed by atoms with van der Waals surface area (Å²) >= 11 is 0. The molecule has 2 heterocycles. The molecule has 0 aliphatic carbocycles. The SMILES string of the molecule is CC(=O)N1N=C(c2ccccc2O)C[C@@H]1c1ccncc1. The molecule has 3 rings (SSSR count). The highest BCUT2D eigenvalue weighted by atomic mass is 16.3. The smallest absolute Gasteiger partial charge is 0.240 e. The van der Waals surface area contributed by atoms with Crippen LogP contribution in [0.4, 0.5) is 0 Å². The van der Waals surface area contributed by atoms with E-state index in [1.807, 2.05) is 18.2 Å². The molecule has 1 aromatic carbocycles. The first-order chi connectivity index (χ1) is 10.2. The van der Waals surface area contributed by atoms with Crippen LogP contribution in [0.2, 0.25) is 0 Å². The summed E-state index contributed by atoms with van der Waals surface area (Å²) in [5.41, 5.74) is 2.36. The van der Waals surface area contributed by atoms with E-state index in [1.165, 1.54) is 11.9 Å². The first kappa shape index (κ1) is 13.3. The minimum Gasteiger partial charge on any atom is -0.507 e. The number of hydrogen-bond acceptors (Lipinski definition) is 4. The molecule has 0 saturated heterocycles. The molecule has 21 heavy (non-hydrogen) atoms. The summed E-state index contributed by atoms with van der Waals surface area (Å²) < 4.78 is 0. The lowest BCUT2D eigenvalue weighted by Crippen LogP contribution is -2.24. The van der Waals surface area contributed by atoms with Crippen molar-refractivity contribution in [3.63, 3.8) is 0 Å². The number of hydrogen-bond donors (Lipinski definition) is 1. The van der Waals surface area contributed by atoms with Gasteiger partial charge in [-0.25, -0.2) is 5.01 Å². The molecule has 0 saturated carbocycles. The number of phenolic OH excluding ortho intramolecular Hbond substituents is 1. The van der Waals surface area contributed by atoms with E-state index in [2.05, 4.69) is 10.1 Å². The molecule has 1 N–H and O–H groups in total. The predicted molar refractivity (Wildman–Crippen MR) is 78.8 cm³/mol. The van der Waals surface area contributed by atoms with Crippen molar-refractivity contribution >= 4 is 11.6 Å². The molecule has 0 radical (unpaired) electrons. The molecule has 1 aliphatic heterocycles. The van der Waals surface area contributed by atoms with Crippen LogP contribution in [0.1, 0.15) is 30.5 Å². The standard InChI is InChI=1S/C16H15N3O2/c1-11(20)19-15(12-6-8-17-9-7-12)10-14(18-19)13-4-2-3-5-16(13)21/h2-9,15,21H,10H2,1H3/t15-/m1/s1. The Morgan fingerprint density at radius 2 is 1.95 bits per heavy atom. The van der Waals surface area contributed by atoms with Crippen molar-refractivity contribution in [2.45, 2.75) is 19.4 Å². The summed E-state index contributed by atoms with van der Waals surface area (Å²) in [5, 5.41) is 15.8. The molecular formula is C16H15N3O2. The van der Waals surface area contributed by atoms with Crippen LogP contribution >= 0.6 is 0 Å². The molecule has 5 heteroatoms. The minimum absolute atomic E-state index is 0.123. The summed E-state index contributed by atoms with van der Waals surface area (Å²) in [6.07, 6.45) is 3.97. The van der Waals surface area contributed by atoms with Gasteiger partial charge in [0.15, 0.2) is 0 Å². The maximum Gasteiger partial charge on any atom is 0.240 e. The highest BCUT2D eigenvalue weighted by Gasteiger charge is 2.31. The summed E-state index contributed by atoms with van der Waals surface area (Å²) in [6, 6.07) is 10.6. The number of aromatic hydroxyl groups is 1. The molecule has 1 amide bonds. The average molecular weight is 281 g/mol. The second-order valence-electron chi connectivity index (χ2n) is 4.93. The van der Waals surface area contributed by atoms with Gasteiger partial charge in [0.05, 0.1) is 11.8 Å². The molecule has 0 unspecified atom stereocenters. The Morgan fingerprint density at radius 1 is 1.24 bits per heavy atom. The second-order valence-corrected chi connectivity index (χ2v) is 4.93. The van der Waals surface area contributed by atoms with Gasteiger partial charge < -0.3 is 5.11 Å². The van der Waals surface area contributed by atoms with Crippen molar-refractivity contribution < 1.29 is 9.90 Å². The average Bonchev–Trinajstić information content (AvgIpc) is 2.94. The summed E-state index contributed by atoms with van der Waals surface area (Å²) in [4.78, 5) is 15.8. The Labute approximate surface area is 122 Å². The van der Waals surface area contributed by atoms with Crippen LogP contribution in [-0.2, 0) is 4.79 Å². The van der Waals surface area contributed by atoms with Crippen molar-refractivity contribution in [3.8, 4) is 5.75 Å². The van der Waals surface area contributed by atoms with Crippen LogP contribution < -0.4 is 0 Å². The van der Waals surface area contributed by atoms with Crippen molar-refractivity contribution in [2.24, 2.45) is 5.10 Å². The van der Waals surface area contributed by atoms with E-state index >= 15 is 0 Å². The molecule has 1 aromatic heterocycles. The lowest BCUT2D eigenvalue weighted by Gasteiger charge is -2.20. The normalized spacial score (nSPS) is 17.7. The number of nitrogens with zero attached hydrogens (tertiary/aromatic N) is 3. The quantitative estimate of drug-likeness (QED) is 0.919. The fourth-order valence-electron chi connectivity index (χ4n) is 2.53. The molecule has 0 bridgehead atoms. The van der Waals surface area contributed by atoms with Gasteiger partial charge in [0, 0.05) is 31.3 Å². The van der Waals surface area contributed by atoms with Gasteiger partial charge in [0.25, 0.3) is 0 Å². The third-order valence-corrected chi connectivity index (χ3v) is 3.54. The Hall–Kier alpha value is -2.69. The van der Waals surface area contributed by atoms with Crippen LogP contribution in [0.3, 0.4) is 0 Å². The van der Waals surface area contributed by atoms with Crippen molar-refractivity contribution in [1.82, 2.24) is 9.99 Å². The Balaban J connectivity index is 1.98. The highest BCUT2D eigenvalue weighted by molar-refractivity contribution is 6.05. The molecule has 0 fully saturated rings. The van der Waals surface area contributed by atoms with Crippen LogP contribution in [0.15, 0.2) is 53.9 Å². The number of phenols is 1. The van der Waals surface area contributed by atoms with E-state index in [-0.39, 0.29) is 17.7 Å². The number of amides is 1. The van der Waals surface area contributed by atoms with Gasteiger partial charge in [-0.05, 0) is 29.8 Å². The minimum atomic E-state index is -0.153. The van der Waals surface area contributed by atoms with Crippen molar-refractivity contribution in [1.29, 1.82) is 0 Å². The molecule has 2 aromatic rings. The Kier molecular flexibility index (Phi) is 3.39. The zero-order chi connectivity index (χ0) is 14.8. The molecule has 1 atom stereocenters. The van der Waals surface area contributed by atoms with E-state index in [1.54, 1.807) is 30.6 Å². The fourth-order valence-corrected chi connectivity index (χ4v) is 2.53. The number of rotatable bonds is 2. The summed E-state index contributed by atoms with van der Waals surface area (Å²) in [6.45, 7) is 1.49. The van der Waals surface area contributed by atoms with E-state index in [0.717, 1.165) is 5.56 Å². The van der Waals surface area contributed by atoms with Gasteiger partial charge in [-0.15, -0.1) is 0 Å². The number of carbonyl (C=O) groups is 1. The summed E-state index contributed by atoms with van der Waals surface area (Å²) in [5.74, 6) is 0.0531. The molecule has 1 aliphatic rings. The fraction of sp³-hybridized carbons (Fsp3) is 0.188. The van der Waals surface area contributed by atoms with E-state index < -0.39 is 0 Å². The number of benzene rings is 1. The van der Waals surface area contributed by atoms with Crippen LogP contribution in [0.25, 0.3) is 0 Å². The van der Waals surface area contributed by atoms with Crippen LogP contribution in [-0.4, -0.2) is 26.7 Å². The number of pyridine rings is 1. The molecule has 0 spiro atoms. The van der Waals surface area contributed by atoms with Gasteiger partial charge in [-0.2, -0.15) is 5.10 Å². The molecule has 106 valence electrons. The molecular weight excluding hydrogens is 266 g/mol. The largest absolute Gasteiger partial charge is 0.507 e. The van der Waals surface area contributed by atoms with Gasteiger partial charge in [0.2, 0.25) is 5.91 Å². The lowest BCUT2D eigenvalue weighted by molar-refractivity contribution is -0.130. The highest BCUT2D eigenvalue weighted by Crippen LogP contribution is 2.34. The first-order valence-corrected chi connectivity index (χ1v) is 6.72. The van der Waals surface area contributed by atoms with Gasteiger partial charge in [-0.1, -0.05) is 12.1 Å². The zero-order valence-corrected chi connectivity index (χ0v) is 11.6.